The summed E-state index contributed by atoms with van der Waals surface area (Å²) in [5.74, 6) is 0. The molecule has 1 atom stereocenters. The average Bonchev–Trinajstić information content (AvgIpc) is 2.52. The van der Waals surface area contributed by atoms with E-state index in [0.717, 1.165) is 11.1 Å². The van der Waals surface area contributed by atoms with E-state index in [1.54, 1.807) is 24.3 Å². The molecule has 1 N–H and O–H groups in total. The quantitative estimate of drug-likeness (QED) is 0.826. The zero-order chi connectivity index (χ0) is 17.9. The lowest BCUT2D eigenvalue weighted by Gasteiger charge is -2.17. The summed E-state index contributed by atoms with van der Waals surface area (Å²) in [6.45, 7) is 1.38. The standard InChI is InChI=1S/C17H20Cl2N2O2S/c1-20(2)24(22,23)15-8-4-6-13(10-15)11-21(3)12-14-7-5-9-16(18)17(14)19/h4-10H,11-12H2,1-3H3/p+1. The predicted molar refractivity (Wildman–Crippen MR) is 98.1 cm³/mol. The van der Waals surface area contributed by atoms with Crippen LogP contribution in [0.4, 0.5) is 0 Å². The molecule has 0 bridgehead atoms. The van der Waals surface area contributed by atoms with Crippen LogP contribution in [0.25, 0.3) is 0 Å². The molecule has 0 fully saturated rings. The van der Waals surface area contributed by atoms with Crippen molar-refractivity contribution in [1.29, 1.82) is 0 Å². The Hall–Kier alpha value is -1.11. The number of hydrogen-bond acceptors (Lipinski definition) is 2. The van der Waals surface area contributed by atoms with Crippen molar-refractivity contribution in [1.82, 2.24) is 4.31 Å². The first-order valence-corrected chi connectivity index (χ1v) is 9.67. The zero-order valence-corrected chi connectivity index (χ0v) is 16.2. The fourth-order valence-electron chi connectivity index (χ4n) is 2.45. The molecule has 0 radical (unpaired) electrons. The third kappa shape index (κ3) is 4.49. The molecule has 2 rings (SSSR count). The minimum absolute atomic E-state index is 0.304. The van der Waals surface area contributed by atoms with E-state index in [9.17, 15) is 8.42 Å². The lowest BCUT2D eigenvalue weighted by Crippen LogP contribution is -3.06. The molecule has 4 nitrogen and oxygen atoms in total. The first-order chi connectivity index (χ1) is 11.2. The third-order valence-electron chi connectivity index (χ3n) is 3.71. The van der Waals surface area contributed by atoms with Crippen LogP contribution in [-0.2, 0) is 23.1 Å². The number of halogens is 2. The molecule has 0 saturated heterocycles. The van der Waals surface area contributed by atoms with Crippen molar-refractivity contribution in [3.8, 4) is 0 Å². The summed E-state index contributed by atoms with van der Waals surface area (Å²) in [6, 6.07) is 12.6. The number of nitrogens with one attached hydrogen (secondary N) is 1. The largest absolute Gasteiger partial charge is 0.330 e. The van der Waals surface area contributed by atoms with Gasteiger partial charge in [0.25, 0.3) is 0 Å². The average molecular weight is 388 g/mol. The molecule has 0 saturated carbocycles. The van der Waals surface area contributed by atoms with Crippen molar-refractivity contribution in [3.05, 3.63) is 63.6 Å². The van der Waals surface area contributed by atoms with E-state index in [2.05, 4.69) is 0 Å². The number of sulfonamides is 1. The second-order valence-corrected chi connectivity index (χ2v) is 8.90. The molecule has 2 aromatic rings. The second-order valence-electron chi connectivity index (χ2n) is 5.96. The van der Waals surface area contributed by atoms with Crippen molar-refractivity contribution in [2.24, 2.45) is 0 Å². The van der Waals surface area contributed by atoms with E-state index in [1.807, 2.05) is 25.2 Å². The Morgan fingerprint density at radius 3 is 2.38 bits per heavy atom. The molecule has 0 aliphatic heterocycles. The van der Waals surface area contributed by atoms with Gasteiger partial charge < -0.3 is 4.90 Å². The molecule has 2 aromatic carbocycles. The van der Waals surface area contributed by atoms with Gasteiger partial charge in [-0.3, -0.25) is 0 Å². The van der Waals surface area contributed by atoms with Gasteiger partial charge in [-0.15, -0.1) is 0 Å². The van der Waals surface area contributed by atoms with Crippen LogP contribution in [0.2, 0.25) is 10.0 Å². The highest BCUT2D eigenvalue weighted by Crippen LogP contribution is 2.24. The summed E-state index contributed by atoms with van der Waals surface area (Å²) in [7, 11) is 1.67. The van der Waals surface area contributed by atoms with Crippen LogP contribution in [-0.4, -0.2) is 33.9 Å². The molecule has 0 spiro atoms. The second kappa shape index (κ2) is 7.85. The Labute approximate surface area is 153 Å². The number of quaternary nitrogens is 1. The Bertz CT molecular complexity index is 823. The van der Waals surface area contributed by atoms with Gasteiger partial charge in [0.2, 0.25) is 10.0 Å². The van der Waals surface area contributed by atoms with Crippen molar-refractivity contribution < 1.29 is 13.3 Å². The lowest BCUT2D eigenvalue weighted by atomic mass is 10.2. The molecule has 0 aliphatic carbocycles. The number of hydrogen-bond donors (Lipinski definition) is 1. The highest BCUT2D eigenvalue weighted by Gasteiger charge is 2.18. The molecular weight excluding hydrogens is 367 g/mol. The summed E-state index contributed by atoms with van der Waals surface area (Å²) in [5, 5.41) is 1.11. The van der Waals surface area contributed by atoms with Gasteiger partial charge in [-0.2, -0.15) is 0 Å². The van der Waals surface area contributed by atoms with Gasteiger partial charge in [0.05, 0.1) is 22.0 Å². The highest BCUT2D eigenvalue weighted by molar-refractivity contribution is 7.89. The third-order valence-corrected chi connectivity index (χ3v) is 6.38. The van der Waals surface area contributed by atoms with Gasteiger partial charge in [-0.25, -0.2) is 12.7 Å². The summed E-state index contributed by atoms with van der Waals surface area (Å²) in [4.78, 5) is 1.48. The van der Waals surface area contributed by atoms with Crippen LogP contribution < -0.4 is 4.90 Å². The van der Waals surface area contributed by atoms with E-state index in [1.165, 1.54) is 23.3 Å². The van der Waals surface area contributed by atoms with E-state index < -0.39 is 10.0 Å². The normalized spacial score (nSPS) is 13.2. The fourth-order valence-corrected chi connectivity index (χ4v) is 3.81. The zero-order valence-electron chi connectivity index (χ0n) is 13.9. The number of rotatable bonds is 6. The SMILES string of the molecule is CN(C)S(=O)(=O)c1cccc(C[NH+](C)Cc2cccc(Cl)c2Cl)c1. The lowest BCUT2D eigenvalue weighted by molar-refractivity contribution is -0.907. The Kier molecular flexibility index (Phi) is 6.28. The summed E-state index contributed by atoms with van der Waals surface area (Å²) in [5.41, 5.74) is 1.92. The van der Waals surface area contributed by atoms with Crippen LogP contribution in [0.1, 0.15) is 11.1 Å². The summed E-state index contributed by atoms with van der Waals surface area (Å²) in [6.07, 6.45) is 0. The summed E-state index contributed by atoms with van der Waals surface area (Å²) >= 11 is 12.3. The van der Waals surface area contributed by atoms with Crippen molar-refractivity contribution in [3.63, 3.8) is 0 Å². The Balaban J connectivity index is 2.15. The number of nitrogens with zero attached hydrogens (tertiary/aromatic N) is 1. The number of benzene rings is 2. The smallest absolute Gasteiger partial charge is 0.242 e. The van der Waals surface area contributed by atoms with E-state index in [0.29, 0.717) is 28.0 Å². The molecular formula is C17H21Cl2N2O2S+. The van der Waals surface area contributed by atoms with E-state index in [-0.39, 0.29) is 0 Å². The van der Waals surface area contributed by atoms with Gasteiger partial charge in [0.15, 0.2) is 0 Å². The fraction of sp³-hybridized carbons (Fsp3) is 0.294. The molecule has 24 heavy (non-hydrogen) atoms. The molecule has 0 amide bonds. The molecule has 1 unspecified atom stereocenters. The predicted octanol–water partition coefficient (Wildman–Crippen LogP) is 2.46. The van der Waals surface area contributed by atoms with Crippen LogP contribution in [0.15, 0.2) is 47.4 Å². The highest BCUT2D eigenvalue weighted by atomic mass is 35.5. The Morgan fingerprint density at radius 2 is 1.71 bits per heavy atom. The van der Waals surface area contributed by atoms with Crippen molar-refractivity contribution in [2.45, 2.75) is 18.0 Å². The van der Waals surface area contributed by atoms with Crippen LogP contribution >= 0.6 is 23.2 Å². The minimum atomic E-state index is -3.42. The molecule has 0 heterocycles. The van der Waals surface area contributed by atoms with Crippen molar-refractivity contribution in [2.75, 3.05) is 21.1 Å². The van der Waals surface area contributed by atoms with Crippen LogP contribution in [0, 0.1) is 0 Å². The van der Waals surface area contributed by atoms with Gasteiger partial charge >= 0.3 is 0 Å². The maximum Gasteiger partial charge on any atom is 0.242 e. The topological polar surface area (TPSA) is 41.8 Å². The van der Waals surface area contributed by atoms with E-state index in [4.69, 9.17) is 23.2 Å². The summed E-state index contributed by atoms with van der Waals surface area (Å²) < 4.78 is 25.7. The first-order valence-electron chi connectivity index (χ1n) is 7.47. The van der Waals surface area contributed by atoms with Crippen LogP contribution in [0.5, 0.6) is 0 Å². The van der Waals surface area contributed by atoms with Crippen molar-refractivity contribution >= 4 is 33.2 Å². The Morgan fingerprint density at radius 1 is 1.04 bits per heavy atom. The maximum atomic E-state index is 12.2. The molecule has 0 aliphatic rings. The molecule has 130 valence electrons. The van der Waals surface area contributed by atoms with Gasteiger partial charge in [0.1, 0.15) is 13.1 Å². The van der Waals surface area contributed by atoms with E-state index >= 15 is 0 Å². The minimum Gasteiger partial charge on any atom is -0.330 e. The van der Waals surface area contributed by atoms with Crippen LogP contribution in [0.3, 0.4) is 0 Å². The van der Waals surface area contributed by atoms with Gasteiger partial charge in [0, 0.05) is 25.2 Å². The first kappa shape index (κ1) is 19.2. The van der Waals surface area contributed by atoms with Gasteiger partial charge in [-0.1, -0.05) is 47.5 Å². The molecule has 7 heteroatoms. The molecule has 0 aromatic heterocycles. The maximum absolute atomic E-state index is 12.2. The monoisotopic (exact) mass is 387 g/mol. The van der Waals surface area contributed by atoms with Gasteiger partial charge in [-0.05, 0) is 18.2 Å².